The summed E-state index contributed by atoms with van der Waals surface area (Å²) in [7, 11) is 0. The molecule has 84 valence electrons. The Labute approximate surface area is 93.3 Å². The quantitative estimate of drug-likeness (QED) is 0.657. The van der Waals surface area contributed by atoms with Gasteiger partial charge in [0.05, 0.1) is 17.3 Å². The van der Waals surface area contributed by atoms with E-state index >= 15 is 0 Å². The summed E-state index contributed by atoms with van der Waals surface area (Å²) in [5.74, 6) is 2.41. The number of hydrogen-bond donors (Lipinski definition) is 3. The summed E-state index contributed by atoms with van der Waals surface area (Å²) >= 11 is 3.86. The number of rotatable bonds is 5. The Morgan fingerprint density at radius 3 is 2.36 bits per heavy atom. The molecule has 14 heavy (non-hydrogen) atoms. The first-order chi connectivity index (χ1) is 6.74. The third kappa shape index (κ3) is 4.40. The monoisotopic (exact) mass is 238 g/mol. The Morgan fingerprint density at radius 2 is 1.79 bits per heavy atom. The fourth-order valence-corrected chi connectivity index (χ4v) is 4.22. The van der Waals surface area contributed by atoms with E-state index < -0.39 is 12.2 Å². The van der Waals surface area contributed by atoms with E-state index in [1.54, 1.807) is 0 Å². The van der Waals surface area contributed by atoms with Crippen LogP contribution in [0.4, 0.5) is 0 Å². The highest BCUT2D eigenvalue weighted by atomic mass is 32.2. The van der Waals surface area contributed by atoms with Crippen molar-refractivity contribution in [1.29, 1.82) is 0 Å². The highest BCUT2D eigenvalue weighted by Crippen LogP contribution is 2.33. The Kier molecular flexibility index (Phi) is 6.28. The molecule has 1 rings (SSSR count). The molecule has 0 saturated carbocycles. The van der Waals surface area contributed by atoms with Crippen LogP contribution in [0.15, 0.2) is 0 Å². The number of hydrogen-bond acceptors (Lipinski definition) is 5. The van der Waals surface area contributed by atoms with Gasteiger partial charge in [-0.15, -0.1) is 23.5 Å². The van der Waals surface area contributed by atoms with Gasteiger partial charge in [0, 0.05) is 0 Å². The van der Waals surface area contributed by atoms with Gasteiger partial charge in [0.1, 0.15) is 6.10 Å². The summed E-state index contributed by atoms with van der Waals surface area (Å²) in [5.41, 5.74) is 0. The molecule has 1 aliphatic heterocycles. The molecule has 3 nitrogen and oxygen atoms in total. The van der Waals surface area contributed by atoms with Crippen LogP contribution in [0.5, 0.6) is 0 Å². The molecule has 0 radical (unpaired) electrons. The van der Waals surface area contributed by atoms with Crippen molar-refractivity contribution in [2.45, 2.75) is 36.1 Å². The van der Waals surface area contributed by atoms with E-state index in [1.165, 1.54) is 17.9 Å². The summed E-state index contributed by atoms with van der Waals surface area (Å²) in [6.07, 6.45) is 1.00. The molecule has 1 saturated heterocycles. The van der Waals surface area contributed by atoms with E-state index in [4.69, 9.17) is 10.2 Å². The molecule has 0 aromatic heterocycles. The van der Waals surface area contributed by atoms with Gasteiger partial charge in [0.25, 0.3) is 0 Å². The second kappa shape index (κ2) is 6.95. The van der Waals surface area contributed by atoms with Gasteiger partial charge in [0.15, 0.2) is 0 Å². The van der Waals surface area contributed by atoms with Crippen molar-refractivity contribution in [3.63, 3.8) is 0 Å². The van der Waals surface area contributed by atoms with Gasteiger partial charge >= 0.3 is 0 Å². The Hall–Kier alpha value is 0.580. The molecule has 0 unspecified atom stereocenters. The molecule has 0 bridgehead atoms. The molecule has 0 amide bonds. The van der Waals surface area contributed by atoms with E-state index in [0.717, 1.165) is 6.42 Å². The lowest BCUT2D eigenvalue weighted by Crippen LogP contribution is -2.29. The summed E-state index contributed by atoms with van der Waals surface area (Å²) in [4.78, 5) is 0. The minimum atomic E-state index is -0.978. The fraction of sp³-hybridized carbons (Fsp3) is 1.00. The summed E-state index contributed by atoms with van der Waals surface area (Å²) in [6.45, 7) is -0.355. The SMILES string of the molecule is OC[C@@H](O)[C@@H](O)CCC1SCCCS1. The Balaban J connectivity index is 2.12. The van der Waals surface area contributed by atoms with E-state index in [2.05, 4.69) is 0 Å². The molecule has 5 heteroatoms. The minimum Gasteiger partial charge on any atom is -0.394 e. The van der Waals surface area contributed by atoms with Crippen molar-refractivity contribution in [3.8, 4) is 0 Å². The molecule has 0 aromatic carbocycles. The molecule has 0 aromatic rings. The topological polar surface area (TPSA) is 60.7 Å². The molecule has 1 fully saturated rings. The molecular weight excluding hydrogens is 220 g/mol. The van der Waals surface area contributed by atoms with Gasteiger partial charge in [-0.3, -0.25) is 0 Å². The van der Waals surface area contributed by atoms with Crippen LogP contribution < -0.4 is 0 Å². The standard InChI is InChI=1S/C9H18O3S2/c10-6-8(12)7(11)2-3-9-13-4-1-5-14-9/h7-12H,1-6H2/t7-,8+/m0/s1. The molecule has 1 aliphatic rings. The summed E-state index contributed by atoms with van der Waals surface area (Å²) in [5, 5.41) is 27.2. The van der Waals surface area contributed by atoms with Crippen molar-refractivity contribution < 1.29 is 15.3 Å². The molecule has 1 heterocycles. The number of thioether (sulfide) groups is 2. The summed E-state index contributed by atoms with van der Waals surface area (Å²) < 4.78 is 0.560. The van der Waals surface area contributed by atoms with Crippen LogP contribution in [0.25, 0.3) is 0 Å². The van der Waals surface area contributed by atoms with E-state index in [0.29, 0.717) is 11.0 Å². The second-order valence-electron chi connectivity index (χ2n) is 3.42. The van der Waals surface area contributed by atoms with Gasteiger partial charge < -0.3 is 15.3 Å². The smallest absolute Gasteiger partial charge is 0.103 e. The number of aliphatic hydroxyl groups excluding tert-OH is 3. The van der Waals surface area contributed by atoms with Crippen molar-refractivity contribution in [2.75, 3.05) is 18.1 Å². The minimum absolute atomic E-state index is 0.355. The van der Waals surface area contributed by atoms with Crippen molar-refractivity contribution in [2.24, 2.45) is 0 Å². The second-order valence-corrected chi connectivity index (χ2v) is 6.34. The van der Waals surface area contributed by atoms with Crippen LogP contribution in [0.3, 0.4) is 0 Å². The van der Waals surface area contributed by atoms with Crippen LogP contribution in [-0.4, -0.2) is 50.2 Å². The van der Waals surface area contributed by atoms with Gasteiger partial charge in [-0.1, -0.05) is 0 Å². The summed E-state index contributed by atoms with van der Waals surface area (Å²) in [6, 6.07) is 0. The predicted octanol–water partition coefficient (Wildman–Crippen LogP) is 0.677. The third-order valence-corrected chi connectivity index (χ3v) is 5.31. The lowest BCUT2D eigenvalue weighted by molar-refractivity contribution is -0.0178. The maximum absolute atomic E-state index is 9.42. The first-order valence-corrected chi connectivity index (χ1v) is 7.04. The Morgan fingerprint density at radius 1 is 1.14 bits per heavy atom. The largest absolute Gasteiger partial charge is 0.394 e. The average Bonchev–Trinajstić information content (AvgIpc) is 2.26. The zero-order valence-electron chi connectivity index (χ0n) is 8.13. The lowest BCUT2D eigenvalue weighted by Gasteiger charge is -2.23. The Bertz CT molecular complexity index is 149. The zero-order chi connectivity index (χ0) is 10.4. The van der Waals surface area contributed by atoms with Gasteiger partial charge in [-0.05, 0) is 30.8 Å². The van der Waals surface area contributed by atoms with Crippen LogP contribution in [0.2, 0.25) is 0 Å². The average molecular weight is 238 g/mol. The van der Waals surface area contributed by atoms with Crippen molar-refractivity contribution >= 4 is 23.5 Å². The highest BCUT2D eigenvalue weighted by Gasteiger charge is 2.19. The van der Waals surface area contributed by atoms with Gasteiger partial charge in [0.2, 0.25) is 0 Å². The first-order valence-electron chi connectivity index (χ1n) is 4.94. The molecule has 3 N–H and O–H groups in total. The molecular formula is C9H18O3S2. The lowest BCUT2D eigenvalue weighted by atomic mass is 10.1. The van der Waals surface area contributed by atoms with Crippen LogP contribution in [0, 0.1) is 0 Å². The molecule has 0 spiro atoms. The van der Waals surface area contributed by atoms with Gasteiger partial charge in [-0.2, -0.15) is 0 Å². The predicted molar refractivity (Wildman–Crippen MR) is 61.7 cm³/mol. The first kappa shape index (κ1) is 12.6. The van der Waals surface area contributed by atoms with E-state index in [-0.39, 0.29) is 6.61 Å². The normalized spacial score (nSPS) is 23.4. The maximum atomic E-state index is 9.42. The third-order valence-electron chi connectivity index (χ3n) is 2.23. The zero-order valence-corrected chi connectivity index (χ0v) is 9.77. The van der Waals surface area contributed by atoms with Crippen LogP contribution >= 0.6 is 23.5 Å². The van der Waals surface area contributed by atoms with Gasteiger partial charge in [-0.25, -0.2) is 0 Å². The van der Waals surface area contributed by atoms with E-state index in [9.17, 15) is 5.11 Å². The fourth-order valence-electron chi connectivity index (χ4n) is 1.32. The maximum Gasteiger partial charge on any atom is 0.103 e. The highest BCUT2D eigenvalue weighted by molar-refractivity contribution is 8.17. The van der Waals surface area contributed by atoms with Crippen molar-refractivity contribution in [1.82, 2.24) is 0 Å². The number of aliphatic hydroxyl groups is 3. The van der Waals surface area contributed by atoms with E-state index in [1.807, 2.05) is 23.5 Å². The van der Waals surface area contributed by atoms with Crippen LogP contribution in [0.1, 0.15) is 19.3 Å². The molecule has 2 atom stereocenters. The van der Waals surface area contributed by atoms with Crippen molar-refractivity contribution in [3.05, 3.63) is 0 Å². The van der Waals surface area contributed by atoms with Crippen LogP contribution in [-0.2, 0) is 0 Å². The molecule has 0 aliphatic carbocycles.